The molecular weight excluding hydrogens is 444 g/mol. The van der Waals surface area contributed by atoms with E-state index in [1.54, 1.807) is 13.8 Å². The number of nitrogens with one attached hydrogen (secondary N) is 2. The van der Waals surface area contributed by atoms with Crippen molar-refractivity contribution in [2.24, 2.45) is 11.8 Å². The molecule has 1 fully saturated rings. The van der Waals surface area contributed by atoms with Crippen molar-refractivity contribution < 1.29 is 24.2 Å². The van der Waals surface area contributed by atoms with Gasteiger partial charge in [0.05, 0.1) is 11.5 Å². The first kappa shape index (κ1) is 24.8. The zero-order valence-electron chi connectivity index (χ0n) is 20.5. The third kappa shape index (κ3) is 5.04. The minimum Gasteiger partial charge on any atom is -0.480 e. The summed E-state index contributed by atoms with van der Waals surface area (Å²) in [5.41, 5.74) is 3.77. The lowest BCUT2D eigenvalue weighted by molar-refractivity contribution is -0.144. The van der Waals surface area contributed by atoms with Gasteiger partial charge in [-0.3, -0.25) is 4.79 Å². The van der Waals surface area contributed by atoms with Crippen molar-refractivity contribution in [3.05, 3.63) is 59.7 Å². The van der Waals surface area contributed by atoms with Crippen LogP contribution >= 0.6 is 0 Å². The number of aliphatic carboxylic acids is 1. The lowest BCUT2D eigenvalue weighted by Crippen LogP contribution is -2.59. The summed E-state index contributed by atoms with van der Waals surface area (Å²) in [5.74, 6) is -2.23. The Labute approximate surface area is 206 Å². The Morgan fingerprint density at radius 2 is 1.63 bits per heavy atom. The number of benzene rings is 2. The molecule has 0 bridgehead atoms. The van der Waals surface area contributed by atoms with Crippen LogP contribution in [0, 0.1) is 11.8 Å². The second kappa shape index (κ2) is 10.1. The number of carboxylic acid groups (broad SMARTS) is 1. The molecule has 2 aromatic rings. The monoisotopic (exact) mass is 478 g/mol. The summed E-state index contributed by atoms with van der Waals surface area (Å²) in [6.45, 7) is 5.56. The van der Waals surface area contributed by atoms with Crippen molar-refractivity contribution in [1.82, 2.24) is 10.6 Å². The fourth-order valence-corrected chi connectivity index (χ4v) is 5.54. The number of ether oxygens (including phenoxy) is 1. The maximum Gasteiger partial charge on any atom is 0.407 e. The predicted octanol–water partition coefficient (Wildman–Crippen LogP) is 4.70. The summed E-state index contributed by atoms with van der Waals surface area (Å²) in [4.78, 5) is 37.6. The summed E-state index contributed by atoms with van der Waals surface area (Å²) >= 11 is 0. The second-order valence-corrected chi connectivity index (χ2v) is 10.2. The molecule has 186 valence electrons. The Morgan fingerprint density at radius 1 is 1.03 bits per heavy atom. The summed E-state index contributed by atoms with van der Waals surface area (Å²) < 4.78 is 5.72. The van der Waals surface area contributed by atoms with Crippen LogP contribution in [-0.2, 0) is 14.3 Å². The van der Waals surface area contributed by atoms with Crippen LogP contribution in [0.25, 0.3) is 11.1 Å². The van der Waals surface area contributed by atoms with Crippen molar-refractivity contribution in [1.29, 1.82) is 0 Å². The van der Waals surface area contributed by atoms with Gasteiger partial charge >= 0.3 is 12.1 Å². The fourth-order valence-electron chi connectivity index (χ4n) is 5.54. The Bertz CT molecular complexity index is 1070. The number of carbonyl (C=O) groups excluding carboxylic acids is 2. The molecule has 2 aliphatic rings. The maximum atomic E-state index is 13.1. The van der Waals surface area contributed by atoms with Gasteiger partial charge in [-0.05, 0) is 47.9 Å². The van der Waals surface area contributed by atoms with Crippen molar-refractivity contribution in [3.63, 3.8) is 0 Å². The Balaban J connectivity index is 1.44. The van der Waals surface area contributed by atoms with Gasteiger partial charge in [0, 0.05) is 5.92 Å². The standard InChI is InChI=1S/C28H34N2O5/c1-17(2)24(26(32)33)29-25(31)23-14-8-9-15-28(23,3)30-27(34)35-16-22-20-12-6-4-10-18(20)19-11-5-7-13-21(19)22/h4-7,10-13,17,22-24H,8-9,14-16H2,1-3H3,(H,29,31)(H,30,34)(H,32,33)/t23?,24-,28?/m0/s1. The van der Waals surface area contributed by atoms with Gasteiger partial charge in [0.1, 0.15) is 12.6 Å². The zero-order chi connectivity index (χ0) is 25.2. The minimum atomic E-state index is -1.06. The average Bonchev–Trinajstić information content (AvgIpc) is 3.14. The smallest absolute Gasteiger partial charge is 0.407 e. The third-order valence-electron chi connectivity index (χ3n) is 7.49. The number of hydrogen-bond acceptors (Lipinski definition) is 4. The minimum absolute atomic E-state index is 0.0474. The molecule has 3 atom stereocenters. The molecule has 0 aliphatic heterocycles. The van der Waals surface area contributed by atoms with Crippen LogP contribution in [-0.4, -0.2) is 41.3 Å². The fraction of sp³-hybridized carbons (Fsp3) is 0.464. The summed E-state index contributed by atoms with van der Waals surface area (Å²) in [6.07, 6.45) is 2.36. The first-order chi connectivity index (χ1) is 16.7. The zero-order valence-corrected chi connectivity index (χ0v) is 20.5. The molecule has 35 heavy (non-hydrogen) atoms. The van der Waals surface area contributed by atoms with Crippen molar-refractivity contribution in [2.75, 3.05) is 6.61 Å². The molecule has 0 aromatic heterocycles. The molecule has 0 spiro atoms. The number of fused-ring (bicyclic) bond motifs is 3. The maximum absolute atomic E-state index is 13.1. The van der Waals surface area contributed by atoms with Gasteiger partial charge < -0.3 is 20.5 Å². The van der Waals surface area contributed by atoms with Crippen LogP contribution in [0.1, 0.15) is 63.5 Å². The first-order valence-corrected chi connectivity index (χ1v) is 12.4. The van der Waals surface area contributed by atoms with E-state index in [9.17, 15) is 19.5 Å². The van der Waals surface area contributed by atoms with E-state index in [0.29, 0.717) is 12.8 Å². The Kier molecular flexibility index (Phi) is 7.15. The Morgan fingerprint density at radius 3 is 2.20 bits per heavy atom. The summed E-state index contributed by atoms with van der Waals surface area (Å²) in [5, 5.41) is 15.1. The molecule has 2 unspecified atom stereocenters. The van der Waals surface area contributed by atoms with Gasteiger partial charge in [0.2, 0.25) is 5.91 Å². The average molecular weight is 479 g/mol. The second-order valence-electron chi connectivity index (χ2n) is 10.2. The largest absolute Gasteiger partial charge is 0.480 e. The van der Waals surface area contributed by atoms with Crippen LogP contribution < -0.4 is 10.6 Å². The van der Waals surface area contributed by atoms with Crippen LogP contribution in [0.5, 0.6) is 0 Å². The van der Waals surface area contributed by atoms with E-state index in [1.807, 2.05) is 31.2 Å². The van der Waals surface area contributed by atoms with E-state index < -0.39 is 29.6 Å². The van der Waals surface area contributed by atoms with Crippen LogP contribution in [0.2, 0.25) is 0 Å². The lowest BCUT2D eigenvalue weighted by Gasteiger charge is -2.41. The van der Waals surface area contributed by atoms with E-state index in [4.69, 9.17) is 4.74 Å². The number of amides is 2. The summed E-state index contributed by atoms with van der Waals surface area (Å²) in [6, 6.07) is 15.3. The highest BCUT2D eigenvalue weighted by Gasteiger charge is 2.44. The van der Waals surface area contributed by atoms with Gasteiger partial charge in [-0.1, -0.05) is 75.2 Å². The topological polar surface area (TPSA) is 105 Å². The molecule has 0 radical (unpaired) electrons. The quantitative estimate of drug-likeness (QED) is 0.535. The SMILES string of the molecule is CC(C)[C@H](NC(=O)C1CCCCC1(C)NC(=O)OCC1c2ccccc2-c2ccccc21)C(=O)O. The molecule has 3 N–H and O–H groups in total. The first-order valence-electron chi connectivity index (χ1n) is 12.4. The molecule has 0 heterocycles. The lowest BCUT2D eigenvalue weighted by atomic mass is 9.73. The number of rotatable bonds is 7. The predicted molar refractivity (Wildman–Crippen MR) is 133 cm³/mol. The van der Waals surface area contributed by atoms with Gasteiger partial charge in [-0.25, -0.2) is 9.59 Å². The number of carbonyl (C=O) groups is 3. The number of alkyl carbamates (subject to hydrolysis) is 1. The van der Waals surface area contributed by atoms with Gasteiger partial charge in [-0.15, -0.1) is 0 Å². The molecule has 2 aliphatic carbocycles. The highest BCUT2D eigenvalue weighted by Crippen LogP contribution is 2.44. The van der Waals surface area contributed by atoms with Gasteiger partial charge in [-0.2, -0.15) is 0 Å². The van der Waals surface area contributed by atoms with Crippen molar-refractivity contribution >= 4 is 18.0 Å². The van der Waals surface area contributed by atoms with E-state index in [1.165, 1.54) is 0 Å². The van der Waals surface area contributed by atoms with Crippen molar-refractivity contribution in [3.8, 4) is 11.1 Å². The van der Waals surface area contributed by atoms with E-state index in [0.717, 1.165) is 35.1 Å². The van der Waals surface area contributed by atoms with Gasteiger partial charge in [0.25, 0.3) is 0 Å². The number of hydrogen-bond donors (Lipinski definition) is 3. The Hall–Kier alpha value is -3.35. The molecule has 0 saturated heterocycles. The van der Waals surface area contributed by atoms with Crippen LogP contribution in [0.3, 0.4) is 0 Å². The normalized spacial score (nSPS) is 22.1. The highest BCUT2D eigenvalue weighted by molar-refractivity contribution is 5.86. The molecule has 1 saturated carbocycles. The molecule has 7 heteroatoms. The summed E-state index contributed by atoms with van der Waals surface area (Å²) in [7, 11) is 0. The molecular formula is C28H34N2O5. The highest BCUT2D eigenvalue weighted by atomic mass is 16.5. The molecule has 7 nitrogen and oxygen atoms in total. The molecule has 2 aromatic carbocycles. The molecule has 4 rings (SSSR count). The van der Waals surface area contributed by atoms with E-state index >= 15 is 0 Å². The number of carboxylic acids is 1. The molecule has 2 amide bonds. The van der Waals surface area contributed by atoms with Crippen molar-refractivity contribution in [2.45, 2.75) is 64.0 Å². The third-order valence-corrected chi connectivity index (χ3v) is 7.49. The van der Waals surface area contributed by atoms with E-state index in [-0.39, 0.29) is 24.3 Å². The van der Waals surface area contributed by atoms with Crippen LogP contribution in [0.15, 0.2) is 48.5 Å². The van der Waals surface area contributed by atoms with Crippen LogP contribution in [0.4, 0.5) is 4.79 Å². The van der Waals surface area contributed by atoms with Gasteiger partial charge in [0.15, 0.2) is 0 Å². The van der Waals surface area contributed by atoms with E-state index in [2.05, 4.69) is 34.9 Å².